The Labute approximate surface area is 169 Å². The molecule has 2 aromatic rings. The summed E-state index contributed by atoms with van der Waals surface area (Å²) >= 11 is 0. The van der Waals surface area contributed by atoms with Crippen LogP contribution in [0.15, 0.2) is 23.4 Å². The second kappa shape index (κ2) is 8.18. The third kappa shape index (κ3) is 4.55. The van der Waals surface area contributed by atoms with E-state index in [9.17, 15) is 9.59 Å². The minimum absolute atomic E-state index is 0.0997. The first kappa shape index (κ1) is 19.4. The maximum atomic E-state index is 12.5. The molecule has 1 saturated carbocycles. The number of nitrogens with zero attached hydrogens (tertiary/aromatic N) is 6. The number of anilines is 3. The molecule has 0 atom stereocenters. The minimum Gasteiger partial charge on any atom is -0.361 e. The molecule has 1 aliphatic carbocycles. The molecule has 0 spiro atoms. The molecule has 1 aliphatic heterocycles. The Morgan fingerprint density at radius 2 is 1.97 bits per heavy atom. The number of piperidine rings is 1. The van der Waals surface area contributed by atoms with Crippen molar-refractivity contribution in [3.8, 4) is 0 Å². The van der Waals surface area contributed by atoms with Crippen molar-refractivity contribution in [2.75, 3.05) is 42.3 Å². The number of carbonyl (C=O) groups excluding carboxylic acids is 1. The maximum Gasteiger partial charge on any atom is 0.254 e. The lowest BCUT2D eigenvalue weighted by atomic mass is 10.1. The minimum atomic E-state index is -0.314. The van der Waals surface area contributed by atoms with E-state index in [0.717, 1.165) is 44.5 Å². The van der Waals surface area contributed by atoms with Crippen LogP contribution in [-0.4, -0.2) is 52.6 Å². The zero-order valence-electron chi connectivity index (χ0n) is 17.0. The van der Waals surface area contributed by atoms with Gasteiger partial charge in [0, 0.05) is 39.2 Å². The van der Waals surface area contributed by atoms with Crippen LogP contribution < -0.4 is 20.7 Å². The van der Waals surface area contributed by atoms with Crippen molar-refractivity contribution in [2.45, 2.75) is 44.6 Å². The number of rotatable bonds is 6. The fourth-order valence-electron chi connectivity index (χ4n) is 3.54. The molecule has 4 rings (SSSR count). The summed E-state index contributed by atoms with van der Waals surface area (Å²) in [7, 11) is 3.76. The van der Waals surface area contributed by atoms with E-state index >= 15 is 0 Å². The summed E-state index contributed by atoms with van der Waals surface area (Å²) in [6.07, 6.45) is 8.78. The van der Waals surface area contributed by atoms with E-state index in [0.29, 0.717) is 23.4 Å². The average Bonchev–Trinajstić information content (AvgIpc) is 3.55. The summed E-state index contributed by atoms with van der Waals surface area (Å²) < 4.78 is 1.32. The van der Waals surface area contributed by atoms with Crippen LogP contribution in [0.2, 0.25) is 0 Å². The van der Waals surface area contributed by atoms with Crippen molar-refractivity contribution < 1.29 is 4.79 Å². The number of hydrogen-bond acceptors (Lipinski definition) is 7. The summed E-state index contributed by atoms with van der Waals surface area (Å²) in [6.45, 7) is 1.80. The van der Waals surface area contributed by atoms with Gasteiger partial charge >= 0.3 is 0 Å². The summed E-state index contributed by atoms with van der Waals surface area (Å²) in [5.41, 5.74) is 1.14. The number of aromatic nitrogens is 4. The van der Waals surface area contributed by atoms with Gasteiger partial charge in [0.05, 0.1) is 18.2 Å². The van der Waals surface area contributed by atoms with Gasteiger partial charge in [-0.2, -0.15) is 4.98 Å². The molecule has 2 fully saturated rings. The average molecular weight is 397 g/mol. The van der Waals surface area contributed by atoms with Gasteiger partial charge in [-0.05, 0) is 32.1 Å². The topological polar surface area (TPSA) is 96.2 Å². The highest BCUT2D eigenvalue weighted by atomic mass is 16.2. The van der Waals surface area contributed by atoms with E-state index in [4.69, 9.17) is 0 Å². The van der Waals surface area contributed by atoms with Crippen LogP contribution in [0.1, 0.15) is 43.7 Å². The Kier molecular flexibility index (Phi) is 5.46. The zero-order chi connectivity index (χ0) is 20.4. The summed E-state index contributed by atoms with van der Waals surface area (Å²) in [6, 6.07) is 1.53. The molecular formula is C20H27N7O2. The summed E-state index contributed by atoms with van der Waals surface area (Å²) in [4.78, 5) is 42.3. The lowest BCUT2D eigenvalue weighted by Crippen LogP contribution is -2.32. The van der Waals surface area contributed by atoms with Crippen LogP contribution in [0.25, 0.3) is 0 Å². The molecule has 2 aliphatic rings. The van der Waals surface area contributed by atoms with Gasteiger partial charge in [0.15, 0.2) is 5.82 Å². The van der Waals surface area contributed by atoms with Gasteiger partial charge in [-0.25, -0.2) is 9.97 Å². The van der Waals surface area contributed by atoms with Gasteiger partial charge in [0.25, 0.3) is 5.56 Å². The van der Waals surface area contributed by atoms with Gasteiger partial charge in [-0.3, -0.25) is 14.2 Å². The van der Waals surface area contributed by atoms with Crippen LogP contribution in [-0.2, 0) is 11.3 Å². The normalized spacial score (nSPS) is 16.6. The summed E-state index contributed by atoms with van der Waals surface area (Å²) in [5.74, 6) is 1.42. The summed E-state index contributed by atoms with van der Waals surface area (Å²) in [5, 5.41) is 2.84. The van der Waals surface area contributed by atoms with E-state index in [1.807, 2.05) is 19.0 Å². The van der Waals surface area contributed by atoms with E-state index in [-0.39, 0.29) is 18.0 Å². The Balaban J connectivity index is 1.47. The quantitative estimate of drug-likeness (QED) is 0.791. The molecule has 0 bridgehead atoms. The molecular weight excluding hydrogens is 370 g/mol. The van der Waals surface area contributed by atoms with E-state index in [1.54, 1.807) is 6.20 Å². The van der Waals surface area contributed by atoms with Crippen molar-refractivity contribution in [3.05, 3.63) is 34.6 Å². The fourth-order valence-corrected chi connectivity index (χ4v) is 3.54. The van der Waals surface area contributed by atoms with Crippen LogP contribution in [0, 0.1) is 0 Å². The molecule has 0 unspecified atom stereocenters. The first-order valence-electron chi connectivity index (χ1n) is 10.2. The van der Waals surface area contributed by atoms with Crippen molar-refractivity contribution in [2.24, 2.45) is 0 Å². The Morgan fingerprint density at radius 3 is 2.62 bits per heavy atom. The molecule has 3 heterocycles. The second-order valence-corrected chi connectivity index (χ2v) is 7.95. The van der Waals surface area contributed by atoms with Crippen molar-refractivity contribution in [1.82, 2.24) is 19.5 Å². The van der Waals surface area contributed by atoms with Crippen molar-refractivity contribution in [1.29, 1.82) is 0 Å². The second-order valence-electron chi connectivity index (χ2n) is 7.95. The molecule has 29 heavy (non-hydrogen) atoms. The predicted molar refractivity (Wildman–Crippen MR) is 112 cm³/mol. The molecule has 0 aromatic carbocycles. The van der Waals surface area contributed by atoms with Crippen molar-refractivity contribution >= 4 is 23.4 Å². The van der Waals surface area contributed by atoms with E-state index < -0.39 is 0 Å². The molecule has 154 valence electrons. The van der Waals surface area contributed by atoms with Gasteiger partial charge in [-0.15, -0.1) is 0 Å². The Morgan fingerprint density at radius 1 is 1.21 bits per heavy atom. The standard InChI is InChI=1S/C20H27N7O2/c1-25(2)19-16(11-21-20(24-19)26-8-4-3-5-9-26)23-17(28)12-27-13-22-15(10-18(27)29)14-6-7-14/h10-11,13-14H,3-9,12H2,1-2H3,(H,23,28). The van der Waals surface area contributed by atoms with Crippen molar-refractivity contribution in [3.63, 3.8) is 0 Å². The smallest absolute Gasteiger partial charge is 0.254 e. The first-order valence-corrected chi connectivity index (χ1v) is 10.2. The monoisotopic (exact) mass is 397 g/mol. The fraction of sp³-hybridized carbons (Fsp3) is 0.550. The van der Waals surface area contributed by atoms with E-state index in [2.05, 4.69) is 25.2 Å². The van der Waals surface area contributed by atoms with Crippen LogP contribution in [0.4, 0.5) is 17.5 Å². The first-order chi connectivity index (χ1) is 14.0. The van der Waals surface area contributed by atoms with E-state index in [1.165, 1.54) is 23.4 Å². The van der Waals surface area contributed by atoms with Gasteiger partial charge in [0.2, 0.25) is 11.9 Å². The van der Waals surface area contributed by atoms with Crippen LogP contribution >= 0.6 is 0 Å². The van der Waals surface area contributed by atoms with Gasteiger partial charge < -0.3 is 15.1 Å². The maximum absolute atomic E-state index is 12.5. The third-order valence-electron chi connectivity index (χ3n) is 5.30. The number of hydrogen-bond donors (Lipinski definition) is 1. The zero-order valence-corrected chi connectivity index (χ0v) is 17.0. The largest absolute Gasteiger partial charge is 0.361 e. The molecule has 9 heteroatoms. The predicted octanol–water partition coefficient (Wildman–Crippen LogP) is 1.61. The molecule has 9 nitrogen and oxygen atoms in total. The van der Waals surface area contributed by atoms with Gasteiger partial charge in [0.1, 0.15) is 12.2 Å². The van der Waals surface area contributed by atoms with Gasteiger partial charge in [-0.1, -0.05) is 0 Å². The Bertz CT molecular complexity index is 946. The Hall–Kier alpha value is -2.97. The molecule has 1 saturated heterocycles. The lowest BCUT2D eigenvalue weighted by Gasteiger charge is -2.28. The molecule has 0 radical (unpaired) electrons. The molecule has 1 amide bonds. The highest BCUT2D eigenvalue weighted by molar-refractivity contribution is 5.93. The SMILES string of the molecule is CN(C)c1nc(N2CCCCC2)ncc1NC(=O)Cn1cnc(C2CC2)cc1=O. The number of amides is 1. The number of carbonyl (C=O) groups is 1. The molecule has 2 aromatic heterocycles. The lowest BCUT2D eigenvalue weighted by molar-refractivity contribution is -0.116. The third-order valence-corrected chi connectivity index (χ3v) is 5.30. The van der Waals surface area contributed by atoms with Crippen LogP contribution in [0.5, 0.6) is 0 Å². The molecule has 1 N–H and O–H groups in total. The highest BCUT2D eigenvalue weighted by Crippen LogP contribution is 2.38. The van der Waals surface area contributed by atoms with Crippen LogP contribution in [0.3, 0.4) is 0 Å². The number of nitrogens with one attached hydrogen (secondary N) is 1. The highest BCUT2D eigenvalue weighted by Gasteiger charge is 2.25.